The fraction of sp³-hybridized carbons (Fsp3) is 1.00. The number of hydrogen-bond acceptors (Lipinski definition) is 1. The maximum absolute atomic E-state index is 2.64. The van der Waals surface area contributed by atoms with Gasteiger partial charge in [-0.2, -0.15) is 0 Å². The molecule has 3 aliphatic heterocycles. The van der Waals surface area contributed by atoms with Gasteiger partial charge in [0.15, 0.2) is 0 Å². The van der Waals surface area contributed by atoms with Crippen molar-refractivity contribution in [3.8, 4) is 0 Å². The van der Waals surface area contributed by atoms with Crippen LogP contribution >= 0.6 is 0 Å². The highest BCUT2D eigenvalue weighted by atomic mass is 15.1. The summed E-state index contributed by atoms with van der Waals surface area (Å²) in [6.45, 7) is 8.92. The third-order valence-corrected chi connectivity index (χ3v) is 3.20. The highest BCUT2D eigenvalue weighted by molar-refractivity contribution is 4.86. The summed E-state index contributed by atoms with van der Waals surface area (Å²) < 4.78 is 0. The smallest absolute Gasteiger partial charge is 0.00328 e. The summed E-state index contributed by atoms with van der Waals surface area (Å²) in [6, 6.07) is 0. The van der Waals surface area contributed by atoms with Gasteiger partial charge in [-0.15, -0.1) is 0 Å². The molecule has 2 bridgehead atoms. The number of fused-ring (bicyclic) bond motifs is 4. The SMILES string of the molecule is CC1(C)CC2CCN(CC2)C1. The standard InChI is InChI=1S/C10H19N/c1-10(2)7-9-3-5-11(8-10)6-4-9/h9H,3-8H2,1-2H3. The molecule has 3 heterocycles. The molecule has 3 saturated heterocycles. The molecule has 0 unspecified atom stereocenters. The van der Waals surface area contributed by atoms with E-state index in [1.165, 1.54) is 38.9 Å². The van der Waals surface area contributed by atoms with Crippen LogP contribution in [0.5, 0.6) is 0 Å². The van der Waals surface area contributed by atoms with Crippen molar-refractivity contribution in [3.63, 3.8) is 0 Å². The Morgan fingerprint density at radius 3 is 2.45 bits per heavy atom. The lowest BCUT2D eigenvalue weighted by atomic mass is 9.82. The van der Waals surface area contributed by atoms with Crippen LogP contribution in [0.1, 0.15) is 33.1 Å². The number of piperidine rings is 1. The van der Waals surface area contributed by atoms with Crippen LogP contribution in [0.15, 0.2) is 0 Å². The number of nitrogens with zero attached hydrogens (tertiary/aromatic N) is 1. The summed E-state index contributed by atoms with van der Waals surface area (Å²) in [5, 5.41) is 0. The average Bonchev–Trinajstić information content (AvgIpc) is 2.12. The first kappa shape index (κ1) is 7.60. The van der Waals surface area contributed by atoms with Crippen LogP contribution in [0.4, 0.5) is 0 Å². The first-order valence-corrected chi connectivity index (χ1v) is 4.88. The Morgan fingerprint density at radius 1 is 1.18 bits per heavy atom. The molecule has 0 aromatic heterocycles. The molecule has 64 valence electrons. The molecule has 3 aliphatic rings. The predicted octanol–water partition coefficient (Wildman–Crippen LogP) is 2.13. The summed E-state index contributed by atoms with van der Waals surface area (Å²) in [5.74, 6) is 1.05. The van der Waals surface area contributed by atoms with Crippen LogP contribution < -0.4 is 0 Å². The molecule has 3 fully saturated rings. The largest absolute Gasteiger partial charge is 0.303 e. The monoisotopic (exact) mass is 153 g/mol. The van der Waals surface area contributed by atoms with Crippen molar-refractivity contribution in [1.82, 2.24) is 4.90 Å². The minimum Gasteiger partial charge on any atom is -0.303 e. The fourth-order valence-corrected chi connectivity index (χ4v) is 2.80. The Morgan fingerprint density at radius 2 is 1.82 bits per heavy atom. The zero-order chi connectivity index (χ0) is 7.90. The lowest BCUT2D eigenvalue weighted by Gasteiger charge is -2.27. The Bertz CT molecular complexity index is 127. The molecule has 3 rings (SSSR count). The van der Waals surface area contributed by atoms with Gasteiger partial charge < -0.3 is 4.90 Å². The van der Waals surface area contributed by atoms with Crippen molar-refractivity contribution in [1.29, 1.82) is 0 Å². The quantitative estimate of drug-likeness (QED) is 0.515. The van der Waals surface area contributed by atoms with Crippen LogP contribution in [-0.4, -0.2) is 24.5 Å². The minimum absolute atomic E-state index is 0.595. The Kier molecular flexibility index (Phi) is 1.71. The van der Waals surface area contributed by atoms with Gasteiger partial charge in [0.05, 0.1) is 0 Å². The first-order chi connectivity index (χ1) is 5.16. The lowest BCUT2D eigenvalue weighted by Crippen LogP contribution is -2.33. The van der Waals surface area contributed by atoms with E-state index in [1.54, 1.807) is 0 Å². The maximum atomic E-state index is 2.64. The zero-order valence-corrected chi connectivity index (χ0v) is 7.77. The molecule has 0 spiro atoms. The third-order valence-electron chi connectivity index (χ3n) is 3.20. The van der Waals surface area contributed by atoms with Crippen LogP contribution in [0.25, 0.3) is 0 Å². The topological polar surface area (TPSA) is 3.24 Å². The maximum Gasteiger partial charge on any atom is 0.00328 e. The highest BCUT2D eigenvalue weighted by Gasteiger charge is 2.33. The van der Waals surface area contributed by atoms with Crippen molar-refractivity contribution in [2.75, 3.05) is 19.6 Å². The van der Waals surface area contributed by atoms with E-state index >= 15 is 0 Å². The highest BCUT2D eigenvalue weighted by Crippen LogP contribution is 2.36. The molecule has 1 nitrogen and oxygen atoms in total. The van der Waals surface area contributed by atoms with Gasteiger partial charge in [-0.25, -0.2) is 0 Å². The molecule has 0 saturated carbocycles. The van der Waals surface area contributed by atoms with Gasteiger partial charge in [0.1, 0.15) is 0 Å². The van der Waals surface area contributed by atoms with E-state index in [9.17, 15) is 0 Å². The van der Waals surface area contributed by atoms with E-state index in [4.69, 9.17) is 0 Å². The summed E-state index contributed by atoms with van der Waals surface area (Å²) >= 11 is 0. The molecule has 11 heavy (non-hydrogen) atoms. The molecule has 0 aromatic carbocycles. The van der Waals surface area contributed by atoms with E-state index < -0.39 is 0 Å². The fourth-order valence-electron chi connectivity index (χ4n) is 2.80. The van der Waals surface area contributed by atoms with Gasteiger partial charge in [0.25, 0.3) is 0 Å². The van der Waals surface area contributed by atoms with E-state index in [0.29, 0.717) is 5.41 Å². The van der Waals surface area contributed by atoms with Crippen molar-refractivity contribution < 1.29 is 0 Å². The first-order valence-electron chi connectivity index (χ1n) is 4.88. The summed E-state index contributed by atoms with van der Waals surface area (Å²) in [4.78, 5) is 2.64. The van der Waals surface area contributed by atoms with Gasteiger partial charge in [-0.05, 0) is 43.7 Å². The van der Waals surface area contributed by atoms with Crippen LogP contribution in [0, 0.1) is 11.3 Å². The second-order valence-corrected chi connectivity index (χ2v) is 5.09. The van der Waals surface area contributed by atoms with Crippen molar-refractivity contribution in [2.24, 2.45) is 11.3 Å². The second-order valence-electron chi connectivity index (χ2n) is 5.09. The van der Waals surface area contributed by atoms with Crippen molar-refractivity contribution >= 4 is 0 Å². The summed E-state index contributed by atoms with van der Waals surface area (Å²) in [7, 11) is 0. The van der Waals surface area contributed by atoms with Gasteiger partial charge in [-0.3, -0.25) is 0 Å². The Hall–Kier alpha value is -0.0400. The molecule has 0 N–H and O–H groups in total. The normalized spacial score (nSPS) is 42.0. The molecule has 0 radical (unpaired) electrons. The third kappa shape index (κ3) is 1.58. The van der Waals surface area contributed by atoms with E-state index in [2.05, 4.69) is 18.7 Å². The molecule has 0 aromatic rings. The Balaban J connectivity index is 2.12. The number of rotatable bonds is 0. The Labute approximate surface area is 69.8 Å². The molecule has 1 heteroatoms. The van der Waals surface area contributed by atoms with Gasteiger partial charge in [-0.1, -0.05) is 13.8 Å². The second kappa shape index (κ2) is 2.48. The molecule has 0 amide bonds. The minimum atomic E-state index is 0.595. The van der Waals surface area contributed by atoms with Crippen molar-refractivity contribution in [3.05, 3.63) is 0 Å². The molecule has 0 aliphatic carbocycles. The van der Waals surface area contributed by atoms with E-state index in [0.717, 1.165) is 5.92 Å². The zero-order valence-electron chi connectivity index (χ0n) is 7.77. The van der Waals surface area contributed by atoms with Crippen molar-refractivity contribution in [2.45, 2.75) is 33.1 Å². The van der Waals surface area contributed by atoms with Gasteiger partial charge in [0.2, 0.25) is 0 Å². The average molecular weight is 153 g/mol. The predicted molar refractivity (Wildman–Crippen MR) is 47.6 cm³/mol. The molecular weight excluding hydrogens is 134 g/mol. The number of hydrogen-bond donors (Lipinski definition) is 0. The van der Waals surface area contributed by atoms with Gasteiger partial charge >= 0.3 is 0 Å². The van der Waals surface area contributed by atoms with Crippen LogP contribution in [-0.2, 0) is 0 Å². The molecule has 0 atom stereocenters. The van der Waals surface area contributed by atoms with Gasteiger partial charge in [0, 0.05) is 6.54 Å². The van der Waals surface area contributed by atoms with E-state index in [1.807, 2.05) is 0 Å². The van der Waals surface area contributed by atoms with Crippen LogP contribution in [0.2, 0.25) is 0 Å². The molecular formula is C10H19N. The summed E-state index contributed by atoms with van der Waals surface area (Å²) in [5.41, 5.74) is 0.595. The summed E-state index contributed by atoms with van der Waals surface area (Å²) in [6.07, 6.45) is 4.39. The van der Waals surface area contributed by atoms with Crippen LogP contribution in [0.3, 0.4) is 0 Å². The lowest BCUT2D eigenvalue weighted by molar-refractivity contribution is 0.200. The van der Waals surface area contributed by atoms with E-state index in [-0.39, 0.29) is 0 Å².